The second-order valence-electron chi connectivity index (χ2n) is 8.24. The first-order valence-electron chi connectivity index (χ1n) is 10.8. The average molecular weight is 361 g/mol. The normalized spacial score (nSPS) is 21.7. The largest absolute Gasteiger partial charge is 0.324 e. The van der Waals surface area contributed by atoms with E-state index >= 15 is 0 Å². The lowest BCUT2D eigenvalue weighted by atomic mass is 9.95. The summed E-state index contributed by atoms with van der Waals surface area (Å²) < 4.78 is 25.6. The molecule has 2 nitrogen and oxygen atoms in total. The summed E-state index contributed by atoms with van der Waals surface area (Å²) >= 11 is 0. The van der Waals surface area contributed by atoms with Gasteiger partial charge in [0.15, 0.2) is 0 Å². The lowest BCUT2D eigenvalue weighted by Gasteiger charge is -2.30. The lowest BCUT2D eigenvalue weighted by Crippen LogP contribution is -2.46. The van der Waals surface area contributed by atoms with Crippen molar-refractivity contribution in [2.45, 2.75) is 122 Å². The minimum atomic E-state index is -2.29. The van der Waals surface area contributed by atoms with Crippen LogP contribution in [0.5, 0.6) is 0 Å². The van der Waals surface area contributed by atoms with Gasteiger partial charge in [-0.1, -0.05) is 78.1 Å². The van der Waals surface area contributed by atoms with Gasteiger partial charge >= 0.3 is 0 Å². The van der Waals surface area contributed by atoms with Gasteiger partial charge in [0, 0.05) is 31.1 Å². The Bertz CT molecular complexity index is 311. The van der Waals surface area contributed by atoms with Crippen molar-refractivity contribution in [3.63, 3.8) is 0 Å². The van der Waals surface area contributed by atoms with E-state index in [1.54, 1.807) is 0 Å². The highest BCUT2D eigenvalue weighted by Crippen LogP contribution is 2.29. The molecule has 0 spiro atoms. The first kappa shape index (κ1) is 22.8. The monoisotopic (exact) mass is 360 g/mol. The number of likely N-dealkylation sites (tertiary alicyclic amines) is 1. The number of nitrogens with two attached hydrogens (primary N) is 1. The Labute approximate surface area is 154 Å². The molecule has 1 aliphatic rings. The van der Waals surface area contributed by atoms with Crippen LogP contribution in [-0.4, -0.2) is 36.0 Å². The molecule has 0 aliphatic carbocycles. The van der Waals surface area contributed by atoms with Crippen LogP contribution < -0.4 is 5.73 Å². The summed E-state index contributed by atoms with van der Waals surface area (Å²) in [6.07, 6.45) is 13.7. The molecule has 0 unspecified atom stereocenters. The van der Waals surface area contributed by atoms with Gasteiger partial charge in [-0.3, -0.25) is 4.90 Å². The third-order valence-electron chi connectivity index (χ3n) is 5.77. The third kappa shape index (κ3) is 9.89. The van der Waals surface area contributed by atoms with E-state index in [0.29, 0.717) is 12.6 Å². The predicted molar refractivity (Wildman–Crippen MR) is 104 cm³/mol. The third-order valence-corrected chi connectivity index (χ3v) is 5.77. The van der Waals surface area contributed by atoms with E-state index in [2.05, 4.69) is 18.7 Å². The standard InChI is InChI=1S/C21H42F2N2/c1-3-5-7-9-11-13-19(14-12-10-8-6-4-2)25-16-15-21(24,18-25)17-20(22)23/h19-20H,3-18,24H2,1-2H3/t21-/m0/s1. The number of nitrogens with zero attached hydrogens (tertiary/aromatic N) is 1. The molecule has 0 radical (unpaired) electrons. The highest BCUT2D eigenvalue weighted by Gasteiger charge is 2.38. The number of hydrogen-bond donors (Lipinski definition) is 1. The van der Waals surface area contributed by atoms with Gasteiger partial charge in [0.05, 0.1) is 0 Å². The highest BCUT2D eigenvalue weighted by atomic mass is 19.3. The van der Waals surface area contributed by atoms with Gasteiger partial charge in [0.2, 0.25) is 6.43 Å². The van der Waals surface area contributed by atoms with Gasteiger partial charge in [-0.15, -0.1) is 0 Å². The summed E-state index contributed by atoms with van der Waals surface area (Å²) in [6, 6.07) is 0.548. The van der Waals surface area contributed by atoms with Crippen molar-refractivity contribution < 1.29 is 8.78 Å². The van der Waals surface area contributed by atoms with Crippen LogP contribution in [0.1, 0.15) is 104 Å². The van der Waals surface area contributed by atoms with E-state index in [4.69, 9.17) is 5.73 Å². The molecular weight excluding hydrogens is 318 g/mol. The first-order chi connectivity index (χ1) is 12.0. The second-order valence-corrected chi connectivity index (χ2v) is 8.24. The maximum atomic E-state index is 12.8. The van der Waals surface area contributed by atoms with E-state index in [9.17, 15) is 8.78 Å². The Morgan fingerprint density at radius 1 is 0.880 bits per heavy atom. The van der Waals surface area contributed by atoms with Gasteiger partial charge in [-0.2, -0.15) is 0 Å². The van der Waals surface area contributed by atoms with Crippen LogP contribution >= 0.6 is 0 Å². The lowest BCUT2D eigenvalue weighted by molar-refractivity contribution is 0.101. The number of hydrogen-bond acceptors (Lipinski definition) is 2. The van der Waals surface area contributed by atoms with Crippen molar-refractivity contribution >= 4 is 0 Å². The van der Waals surface area contributed by atoms with Gasteiger partial charge in [-0.25, -0.2) is 8.78 Å². The smallest absolute Gasteiger partial charge is 0.240 e. The molecule has 25 heavy (non-hydrogen) atoms. The molecular formula is C21H42F2N2. The molecule has 0 amide bonds. The first-order valence-corrected chi connectivity index (χ1v) is 10.8. The maximum Gasteiger partial charge on any atom is 0.240 e. The van der Waals surface area contributed by atoms with Gasteiger partial charge in [0.25, 0.3) is 0 Å². The Morgan fingerprint density at radius 2 is 1.40 bits per heavy atom. The van der Waals surface area contributed by atoms with E-state index in [1.165, 1.54) is 77.0 Å². The molecule has 1 rings (SSSR count). The van der Waals surface area contributed by atoms with Gasteiger partial charge < -0.3 is 5.73 Å². The van der Waals surface area contributed by atoms with Crippen molar-refractivity contribution in [1.29, 1.82) is 0 Å². The van der Waals surface area contributed by atoms with Crippen LogP contribution in [-0.2, 0) is 0 Å². The zero-order chi connectivity index (χ0) is 18.5. The Hall–Kier alpha value is -0.220. The molecule has 2 N–H and O–H groups in total. The summed E-state index contributed by atoms with van der Waals surface area (Å²) in [4.78, 5) is 2.43. The molecule has 0 saturated carbocycles. The van der Waals surface area contributed by atoms with Crippen molar-refractivity contribution in [3.05, 3.63) is 0 Å². The zero-order valence-corrected chi connectivity index (χ0v) is 16.7. The summed E-state index contributed by atoms with van der Waals surface area (Å²) in [6.45, 7) is 6.05. The molecule has 0 aromatic carbocycles. The number of halogens is 2. The molecule has 0 bridgehead atoms. The molecule has 1 fully saturated rings. The summed E-state index contributed by atoms with van der Waals surface area (Å²) in [5.74, 6) is 0. The number of unbranched alkanes of at least 4 members (excludes halogenated alkanes) is 8. The van der Waals surface area contributed by atoms with Crippen LogP contribution in [0, 0.1) is 0 Å². The second kappa shape index (κ2) is 13.0. The highest BCUT2D eigenvalue weighted by molar-refractivity contribution is 4.96. The maximum absolute atomic E-state index is 12.8. The van der Waals surface area contributed by atoms with Crippen molar-refractivity contribution in [3.8, 4) is 0 Å². The summed E-state index contributed by atoms with van der Waals surface area (Å²) in [5, 5.41) is 0. The van der Waals surface area contributed by atoms with E-state index in [0.717, 1.165) is 13.0 Å². The van der Waals surface area contributed by atoms with Crippen LogP contribution in [0.15, 0.2) is 0 Å². The molecule has 1 heterocycles. The topological polar surface area (TPSA) is 29.3 Å². The number of rotatable bonds is 15. The average Bonchev–Trinajstić information content (AvgIpc) is 2.93. The molecule has 1 atom stereocenters. The molecule has 1 saturated heterocycles. The Morgan fingerprint density at radius 3 is 1.88 bits per heavy atom. The van der Waals surface area contributed by atoms with Crippen LogP contribution in [0.3, 0.4) is 0 Å². The minimum Gasteiger partial charge on any atom is -0.324 e. The quantitative estimate of drug-likeness (QED) is 0.356. The Kier molecular flexibility index (Phi) is 11.9. The van der Waals surface area contributed by atoms with Crippen molar-refractivity contribution in [2.24, 2.45) is 5.73 Å². The fourth-order valence-electron chi connectivity index (χ4n) is 4.19. The summed E-state index contributed by atoms with van der Waals surface area (Å²) in [7, 11) is 0. The summed E-state index contributed by atoms with van der Waals surface area (Å²) in [5.41, 5.74) is 5.59. The number of alkyl halides is 2. The van der Waals surface area contributed by atoms with E-state index < -0.39 is 12.0 Å². The fourth-order valence-corrected chi connectivity index (χ4v) is 4.19. The predicted octanol–water partition coefficient (Wildman–Crippen LogP) is 6.13. The minimum absolute atomic E-state index is 0.150. The van der Waals surface area contributed by atoms with Crippen LogP contribution in [0.2, 0.25) is 0 Å². The van der Waals surface area contributed by atoms with Crippen LogP contribution in [0.25, 0.3) is 0 Å². The van der Waals surface area contributed by atoms with Gasteiger partial charge in [-0.05, 0) is 19.3 Å². The van der Waals surface area contributed by atoms with Crippen molar-refractivity contribution in [2.75, 3.05) is 13.1 Å². The fraction of sp³-hybridized carbons (Fsp3) is 1.00. The molecule has 1 aliphatic heterocycles. The van der Waals surface area contributed by atoms with Gasteiger partial charge in [0.1, 0.15) is 0 Å². The van der Waals surface area contributed by atoms with E-state index in [-0.39, 0.29) is 6.42 Å². The Balaban J connectivity index is 2.43. The molecule has 0 aromatic rings. The van der Waals surface area contributed by atoms with Crippen LogP contribution in [0.4, 0.5) is 8.78 Å². The molecule has 4 heteroatoms. The molecule has 150 valence electrons. The SMILES string of the molecule is CCCCCCCC(CCCCCCC)N1CC[C@](N)(CC(F)F)C1. The van der Waals surface area contributed by atoms with E-state index in [1.807, 2.05) is 0 Å². The van der Waals surface area contributed by atoms with Crippen molar-refractivity contribution in [1.82, 2.24) is 4.90 Å². The molecule has 0 aromatic heterocycles. The zero-order valence-electron chi connectivity index (χ0n) is 16.7.